The molecule has 3 rings (SSSR count). The highest BCUT2D eigenvalue weighted by Gasteiger charge is 2.50. The Hall–Kier alpha value is -2.85. The van der Waals surface area contributed by atoms with Crippen molar-refractivity contribution in [1.29, 1.82) is 0 Å². The van der Waals surface area contributed by atoms with Crippen LogP contribution in [-0.2, 0) is 20.9 Å². The van der Waals surface area contributed by atoms with Gasteiger partial charge in [0.15, 0.2) is 0 Å². The molecule has 10 heteroatoms. The molecule has 0 bridgehead atoms. The summed E-state index contributed by atoms with van der Waals surface area (Å²) in [7, 11) is 3.32. The summed E-state index contributed by atoms with van der Waals surface area (Å²) >= 11 is 0. The summed E-state index contributed by atoms with van der Waals surface area (Å²) in [4.78, 5) is 42.9. The molecule has 0 unspecified atom stereocenters. The van der Waals surface area contributed by atoms with Crippen LogP contribution in [0.2, 0.25) is 0 Å². The number of hydrogen-bond acceptors (Lipinski definition) is 6. The largest absolute Gasteiger partial charge is 0.494 e. The Morgan fingerprint density at radius 1 is 1.18 bits per heavy atom. The Balaban J connectivity index is 1.77. The van der Waals surface area contributed by atoms with E-state index < -0.39 is 12.2 Å². The number of hydrazine groups is 1. The lowest BCUT2D eigenvalue weighted by molar-refractivity contribution is -0.187. The standard InChI is InChI=1S/C24H37N5O5/c1-5-7-8-20-23(31)27(13-14-33-4)16-21-28(20)22(30)17-26(3)29(21)24(32)25-15-18-9-11-19(12-10-18)34-6-2/h9-12,20-21H,5-8,13-17H2,1-4H3,(H,25,32)/t20-,21-/m0/s1. The summed E-state index contributed by atoms with van der Waals surface area (Å²) in [6.07, 6.45) is 1.75. The fourth-order valence-corrected chi connectivity index (χ4v) is 4.51. The van der Waals surface area contributed by atoms with Gasteiger partial charge in [0.1, 0.15) is 18.0 Å². The van der Waals surface area contributed by atoms with Crippen molar-refractivity contribution < 1.29 is 23.9 Å². The Labute approximate surface area is 201 Å². The quantitative estimate of drug-likeness (QED) is 0.553. The number of hydrogen-bond donors (Lipinski definition) is 1. The molecule has 2 fully saturated rings. The third-order valence-corrected chi connectivity index (χ3v) is 6.22. The number of nitrogens with zero attached hydrogens (tertiary/aromatic N) is 4. The highest BCUT2D eigenvalue weighted by molar-refractivity contribution is 5.91. The Kier molecular flexibility index (Phi) is 9.12. The molecule has 10 nitrogen and oxygen atoms in total. The van der Waals surface area contributed by atoms with Crippen LogP contribution in [0.1, 0.15) is 38.7 Å². The lowest BCUT2D eigenvalue weighted by atomic mass is 10.0. The Bertz CT molecular complexity index is 849. The van der Waals surface area contributed by atoms with Crippen LogP contribution in [0.25, 0.3) is 0 Å². The number of ether oxygens (including phenoxy) is 2. The maximum Gasteiger partial charge on any atom is 0.334 e. The lowest BCUT2D eigenvalue weighted by Gasteiger charge is -2.54. The number of carbonyl (C=O) groups is 3. The molecule has 2 aliphatic rings. The first-order valence-corrected chi connectivity index (χ1v) is 12.0. The predicted octanol–water partition coefficient (Wildman–Crippen LogP) is 1.66. The van der Waals surface area contributed by atoms with Gasteiger partial charge in [0, 0.05) is 27.2 Å². The summed E-state index contributed by atoms with van der Waals surface area (Å²) in [6, 6.07) is 6.68. The molecular weight excluding hydrogens is 438 g/mol. The molecule has 1 aromatic carbocycles. The van der Waals surface area contributed by atoms with Gasteiger partial charge in [-0.25, -0.2) is 14.8 Å². The first-order chi connectivity index (χ1) is 16.4. The number of carbonyl (C=O) groups excluding carboxylic acids is 3. The normalized spacial score (nSPS) is 21.0. The molecule has 1 aromatic rings. The molecule has 0 spiro atoms. The van der Waals surface area contributed by atoms with Gasteiger partial charge in [0.05, 0.1) is 26.3 Å². The third kappa shape index (κ3) is 5.79. The van der Waals surface area contributed by atoms with Gasteiger partial charge in [-0.15, -0.1) is 0 Å². The smallest absolute Gasteiger partial charge is 0.334 e. The fourth-order valence-electron chi connectivity index (χ4n) is 4.51. The molecule has 2 atom stereocenters. The zero-order chi connectivity index (χ0) is 24.7. The summed E-state index contributed by atoms with van der Waals surface area (Å²) in [5.41, 5.74) is 0.936. The van der Waals surface area contributed by atoms with Gasteiger partial charge in [0.2, 0.25) is 11.8 Å². The molecular formula is C24H37N5O5. The van der Waals surface area contributed by atoms with Crippen molar-refractivity contribution in [2.45, 2.75) is 51.9 Å². The van der Waals surface area contributed by atoms with E-state index in [-0.39, 0.29) is 30.9 Å². The van der Waals surface area contributed by atoms with Crippen molar-refractivity contribution >= 4 is 17.8 Å². The first-order valence-electron chi connectivity index (χ1n) is 12.0. The van der Waals surface area contributed by atoms with E-state index in [9.17, 15) is 14.4 Å². The molecule has 2 heterocycles. The molecule has 188 valence electrons. The van der Waals surface area contributed by atoms with Crippen LogP contribution in [0.15, 0.2) is 24.3 Å². The molecule has 0 aliphatic carbocycles. The van der Waals surface area contributed by atoms with Gasteiger partial charge in [-0.3, -0.25) is 9.59 Å². The van der Waals surface area contributed by atoms with Gasteiger partial charge in [-0.2, -0.15) is 0 Å². The van der Waals surface area contributed by atoms with E-state index in [1.54, 1.807) is 34.0 Å². The Morgan fingerprint density at radius 2 is 1.91 bits per heavy atom. The highest BCUT2D eigenvalue weighted by Crippen LogP contribution is 2.28. The molecule has 0 radical (unpaired) electrons. The van der Waals surface area contributed by atoms with E-state index in [0.29, 0.717) is 32.7 Å². The first kappa shape index (κ1) is 25.8. The molecule has 2 saturated heterocycles. The maximum atomic E-state index is 13.3. The highest BCUT2D eigenvalue weighted by atomic mass is 16.5. The fraction of sp³-hybridized carbons (Fsp3) is 0.625. The average Bonchev–Trinajstić information content (AvgIpc) is 2.82. The number of likely N-dealkylation sites (N-methyl/N-ethyl adjacent to an activating group) is 1. The number of unbranched alkanes of at least 4 members (excludes halogenated alkanes) is 1. The predicted molar refractivity (Wildman–Crippen MR) is 127 cm³/mol. The van der Waals surface area contributed by atoms with Crippen LogP contribution in [-0.4, -0.2) is 96.9 Å². The van der Waals surface area contributed by atoms with E-state index in [1.807, 2.05) is 31.2 Å². The topological polar surface area (TPSA) is 94.7 Å². The molecule has 0 saturated carbocycles. The number of fused-ring (bicyclic) bond motifs is 1. The average molecular weight is 476 g/mol. The van der Waals surface area contributed by atoms with Gasteiger partial charge >= 0.3 is 6.03 Å². The molecule has 0 aromatic heterocycles. The number of rotatable bonds is 10. The van der Waals surface area contributed by atoms with Gasteiger partial charge in [-0.05, 0) is 31.0 Å². The second-order valence-electron chi connectivity index (χ2n) is 8.61. The number of benzene rings is 1. The number of nitrogens with one attached hydrogen (secondary N) is 1. The third-order valence-electron chi connectivity index (χ3n) is 6.22. The summed E-state index contributed by atoms with van der Waals surface area (Å²) in [5.74, 6) is 0.571. The second kappa shape index (κ2) is 12.0. The minimum Gasteiger partial charge on any atom is -0.494 e. The van der Waals surface area contributed by atoms with Gasteiger partial charge in [-0.1, -0.05) is 31.9 Å². The number of amides is 4. The van der Waals surface area contributed by atoms with Crippen LogP contribution in [0, 0.1) is 0 Å². The zero-order valence-corrected chi connectivity index (χ0v) is 20.7. The monoisotopic (exact) mass is 475 g/mol. The van der Waals surface area contributed by atoms with Gasteiger partial charge in [0.25, 0.3) is 0 Å². The summed E-state index contributed by atoms with van der Waals surface area (Å²) < 4.78 is 10.7. The van der Waals surface area contributed by atoms with E-state index in [4.69, 9.17) is 9.47 Å². The van der Waals surface area contributed by atoms with Crippen LogP contribution >= 0.6 is 0 Å². The molecule has 1 N–H and O–H groups in total. The van der Waals surface area contributed by atoms with Crippen LogP contribution < -0.4 is 10.1 Å². The van der Waals surface area contributed by atoms with Crippen LogP contribution in [0.5, 0.6) is 5.75 Å². The lowest BCUT2D eigenvalue weighted by Crippen LogP contribution is -2.76. The van der Waals surface area contributed by atoms with Crippen molar-refractivity contribution in [1.82, 2.24) is 25.1 Å². The number of methoxy groups -OCH3 is 1. The van der Waals surface area contributed by atoms with E-state index >= 15 is 0 Å². The second-order valence-corrected chi connectivity index (χ2v) is 8.61. The van der Waals surface area contributed by atoms with Gasteiger partial charge < -0.3 is 24.6 Å². The van der Waals surface area contributed by atoms with Crippen LogP contribution in [0.3, 0.4) is 0 Å². The van der Waals surface area contributed by atoms with Crippen molar-refractivity contribution in [3.05, 3.63) is 29.8 Å². The van der Waals surface area contributed by atoms with Crippen molar-refractivity contribution in [2.24, 2.45) is 0 Å². The Morgan fingerprint density at radius 3 is 2.56 bits per heavy atom. The minimum absolute atomic E-state index is 0.0426. The minimum atomic E-state index is -0.571. The van der Waals surface area contributed by atoms with E-state index in [0.717, 1.165) is 24.2 Å². The number of piperazine rings is 1. The van der Waals surface area contributed by atoms with Crippen molar-refractivity contribution in [3.8, 4) is 5.75 Å². The molecule has 34 heavy (non-hydrogen) atoms. The van der Waals surface area contributed by atoms with Crippen molar-refractivity contribution in [3.63, 3.8) is 0 Å². The zero-order valence-electron chi connectivity index (χ0n) is 20.7. The summed E-state index contributed by atoms with van der Waals surface area (Å²) in [5, 5.41) is 6.17. The van der Waals surface area contributed by atoms with Crippen molar-refractivity contribution in [2.75, 3.05) is 47.0 Å². The number of urea groups is 1. The van der Waals surface area contributed by atoms with E-state index in [1.165, 1.54) is 0 Å². The summed E-state index contributed by atoms with van der Waals surface area (Å²) in [6.45, 7) is 6.02. The van der Waals surface area contributed by atoms with E-state index in [2.05, 4.69) is 12.2 Å². The molecule has 2 aliphatic heterocycles. The SMILES string of the molecule is CCCC[C@H]1C(=O)N(CCOC)C[C@H]2N1C(=O)CN(C)N2C(=O)NCc1ccc(OCC)cc1. The molecule has 4 amide bonds. The maximum absolute atomic E-state index is 13.3. The van der Waals surface area contributed by atoms with Crippen LogP contribution in [0.4, 0.5) is 4.79 Å².